The first-order valence-electron chi connectivity index (χ1n) is 10.4. The lowest BCUT2D eigenvalue weighted by Gasteiger charge is -2.26. The van der Waals surface area contributed by atoms with Crippen molar-refractivity contribution in [3.8, 4) is 0 Å². The zero-order valence-corrected chi connectivity index (χ0v) is 20.0. The van der Waals surface area contributed by atoms with E-state index >= 15 is 0 Å². The molecule has 0 heterocycles. The Hall–Kier alpha value is -2.83. The van der Waals surface area contributed by atoms with Crippen LogP contribution >= 0.6 is 11.6 Å². The third-order valence-corrected chi connectivity index (χ3v) is 7.33. The van der Waals surface area contributed by atoms with Gasteiger partial charge in [-0.1, -0.05) is 78.2 Å². The fraction of sp³-hybridized carbons (Fsp3) is 0.240. The van der Waals surface area contributed by atoms with E-state index in [1.807, 2.05) is 45.0 Å². The summed E-state index contributed by atoms with van der Waals surface area (Å²) in [5, 5.41) is 3.22. The minimum Gasteiger partial charge on any atom is -0.348 e. The maximum Gasteiger partial charge on any atom is 0.264 e. The van der Waals surface area contributed by atoms with Crippen LogP contribution < -0.4 is 9.62 Å². The zero-order chi connectivity index (χ0) is 23.3. The first kappa shape index (κ1) is 23.8. The lowest BCUT2D eigenvalue weighted by atomic mass is 10.0. The number of carbonyl (C=O) groups is 1. The molecule has 7 heteroatoms. The second kappa shape index (κ2) is 10.2. The summed E-state index contributed by atoms with van der Waals surface area (Å²) in [5.74, 6) is -0.409. The molecule has 0 spiro atoms. The van der Waals surface area contributed by atoms with Crippen LogP contribution in [-0.4, -0.2) is 20.9 Å². The van der Waals surface area contributed by atoms with Gasteiger partial charge in [0.1, 0.15) is 6.54 Å². The van der Waals surface area contributed by atoms with Crippen LogP contribution in [0.25, 0.3) is 0 Å². The van der Waals surface area contributed by atoms with Crippen LogP contribution in [0.15, 0.2) is 77.7 Å². The first-order chi connectivity index (χ1) is 15.2. The monoisotopic (exact) mass is 470 g/mol. The highest BCUT2D eigenvalue weighted by atomic mass is 35.5. The minimum atomic E-state index is -4.01. The molecule has 168 valence electrons. The predicted molar refractivity (Wildman–Crippen MR) is 130 cm³/mol. The number of amides is 1. The first-order valence-corrected chi connectivity index (χ1v) is 12.2. The lowest BCUT2D eigenvalue weighted by molar-refractivity contribution is -0.120. The summed E-state index contributed by atoms with van der Waals surface area (Å²) in [4.78, 5) is 13.1. The van der Waals surface area contributed by atoms with Gasteiger partial charge in [0.05, 0.1) is 21.6 Å². The van der Waals surface area contributed by atoms with Crippen molar-refractivity contribution in [2.45, 2.75) is 38.1 Å². The van der Waals surface area contributed by atoms with Crippen LogP contribution in [0.4, 0.5) is 5.69 Å². The molecule has 1 atom stereocenters. The number of hydrogen-bond acceptors (Lipinski definition) is 3. The molecule has 1 amide bonds. The Balaban J connectivity index is 1.92. The van der Waals surface area contributed by atoms with Crippen molar-refractivity contribution < 1.29 is 13.2 Å². The van der Waals surface area contributed by atoms with Gasteiger partial charge in [-0.3, -0.25) is 9.10 Å². The van der Waals surface area contributed by atoms with Crippen LogP contribution in [0.1, 0.15) is 36.1 Å². The Morgan fingerprint density at radius 3 is 2.06 bits per heavy atom. The minimum absolute atomic E-state index is 0.0985. The number of nitrogens with zero attached hydrogens (tertiary/aromatic N) is 1. The molecule has 1 N–H and O–H groups in total. The summed E-state index contributed by atoms with van der Waals surface area (Å²) in [6.45, 7) is 5.47. The Labute approximate surface area is 195 Å². The fourth-order valence-electron chi connectivity index (χ4n) is 3.38. The number of nitrogens with one attached hydrogen (secondary N) is 1. The second-order valence-corrected chi connectivity index (χ2v) is 9.98. The quantitative estimate of drug-likeness (QED) is 0.478. The van der Waals surface area contributed by atoms with Gasteiger partial charge in [0.15, 0.2) is 0 Å². The number of anilines is 1. The van der Waals surface area contributed by atoms with Crippen LogP contribution in [0.3, 0.4) is 0 Å². The van der Waals surface area contributed by atoms with Crippen molar-refractivity contribution in [1.82, 2.24) is 5.32 Å². The van der Waals surface area contributed by atoms with Gasteiger partial charge in [-0.2, -0.15) is 0 Å². The number of hydrogen-bond donors (Lipinski definition) is 1. The molecule has 3 rings (SSSR count). The van der Waals surface area contributed by atoms with Crippen LogP contribution in [-0.2, 0) is 14.8 Å². The van der Waals surface area contributed by atoms with Crippen molar-refractivity contribution in [3.05, 3.63) is 94.5 Å². The summed E-state index contributed by atoms with van der Waals surface area (Å²) in [7, 11) is -4.01. The highest BCUT2D eigenvalue weighted by molar-refractivity contribution is 7.92. The highest BCUT2D eigenvalue weighted by Crippen LogP contribution is 2.30. The van der Waals surface area contributed by atoms with E-state index in [4.69, 9.17) is 11.6 Å². The smallest absolute Gasteiger partial charge is 0.264 e. The number of rotatable bonds is 8. The molecule has 5 nitrogen and oxygen atoms in total. The van der Waals surface area contributed by atoms with Crippen molar-refractivity contribution in [3.63, 3.8) is 0 Å². The van der Waals surface area contributed by atoms with Gasteiger partial charge in [0.25, 0.3) is 10.0 Å². The molecule has 0 unspecified atom stereocenters. The predicted octanol–water partition coefficient (Wildman–Crippen LogP) is 5.42. The summed E-state index contributed by atoms with van der Waals surface area (Å²) >= 11 is 6.33. The van der Waals surface area contributed by atoms with E-state index in [1.165, 1.54) is 12.1 Å². The SMILES string of the molecule is CC[C@H](NC(=O)CN(c1ccccc1Cl)S(=O)(=O)c1ccc(C)cc1)c1ccc(C)cc1. The van der Waals surface area contributed by atoms with Gasteiger partial charge in [0, 0.05) is 0 Å². The number of halogens is 1. The third kappa shape index (κ3) is 5.50. The molecule has 0 saturated heterocycles. The second-order valence-electron chi connectivity index (χ2n) is 7.72. The number of aryl methyl sites for hydroxylation is 2. The average Bonchev–Trinajstić information content (AvgIpc) is 2.77. The molecular weight excluding hydrogens is 444 g/mol. The van der Waals surface area contributed by atoms with E-state index in [0.29, 0.717) is 6.42 Å². The number of sulfonamides is 1. The Morgan fingerprint density at radius 1 is 0.938 bits per heavy atom. The fourth-order valence-corrected chi connectivity index (χ4v) is 5.11. The molecule has 0 aromatic heterocycles. The molecular formula is C25H27ClN2O3S. The van der Waals surface area contributed by atoms with Crippen molar-refractivity contribution in [2.24, 2.45) is 0 Å². The van der Waals surface area contributed by atoms with Gasteiger partial charge in [-0.05, 0) is 50.1 Å². The van der Waals surface area contributed by atoms with Crippen molar-refractivity contribution in [1.29, 1.82) is 0 Å². The van der Waals surface area contributed by atoms with Crippen molar-refractivity contribution >= 4 is 33.2 Å². The normalized spacial score (nSPS) is 12.2. The molecule has 0 aliphatic carbocycles. The molecule has 0 radical (unpaired) electrons. The van der Waals surface area contributed by atoms with E-state index in [1.54, 1.807) is 36.4 Å². The van der Waals surface area contributed by atoms with E-state index in [-0.39, 0.29) is 28.2 Å². The third-order valence-electron chi connectivity index (χ3n) is 5.24. The summed E-state index contributed by atoms with van der Waals surface area (Å²) in [6, 6.07) is 20.8. The standard InChI is InChI=1S/C25H27ClN2O3S/c1-4-23(20-13-9-18(2)10-14-20)27-25(29)17-28(24-8-6-5-7-22(24)26)32(30,31)21-15-11-19(3)12-16-21/h5-16,23H,4,17H2,1-3H3,(H,27,29)/t23-/m0/s1. The summed E-state index contributed by atoms with van der Waals surface area (Å²) in [6.07, 6.45) is 0.672. The Kier molecular flexibility index (Phi) is 7.59. The van der Waals surface area contributed by atoms with Crippen molar-refractivity contribution in [2.75, 3.05) is 10.8 Å². The molecule has 0 fully saturated rings. The maximum atomic E-state index is 13.5. The van der Waals surface area contributed by atoms with E-state index < -0.39 is 15.9 Å². The van der Waals surface area contributed by atoms with Crippen LogP contribution in [0.2, 0.25) is 5.02 Å². The molecule has 0 saturated carbocycles. The molecule has 3 aromatic rings. The Morgan fingerprint density at radius 2 is 1.50 bits per heavy atom. The zero-order valence-electron chi connectivity index (χ0n) is 18.4. The van der Waals surface area contributed by atoms with Crippen LogP contribution in [0, 0.1) is 13.8 Å². The highest BCUT2D eigenvalue weighted by Gasteiger charge is 2.29. The molecule has 0 aliphatic heterocycles. The number of benzene rings is 3. The van der Waals surface area contributed by atoms with Gasteiger partial charge in [0.2, 0.25) is 5.91 Å². The van der Waals surface area contributed by atoms with E-state index in [9.17, 15) is 13.2 Å². The molecule has 3 aromatic carbocycles. The van der Waals surface area contributed by atoms with Crippen LogP contribution in [0.5, 0.6) is 0 Å². The largest absolute Gasteiger partial charge is 0.348 e. The van der Waals surface area contributed by atoms with Gasteiger partial charge in [-0.25, -0.2) is 8.42 Å². The number of para-hydroxylation sites is 1. The Bertz CT molecular complexity index is 1180. The summed E-state index contributed by atoms with van der Waals surface area (Å²) in [5.41, 5.74) is 3.30. The summed E-state index contributed by atoms with van der Waals surface area (Å²) < 4.78 is 28.0. The number of carbonyl (C=O) groups excluding carboxylic acids is 1. The van der Waals surface area contributed by atoms with Gasteiger partial charge >= 0.3 is 0 Å². The molecule has 32 heavy (non-hydrogen) atoms. The average molecular weight is 471 g/mol. The van der Waals surface area contributed by atoms with Gasteiger partial charge in [-0.15, -0.1) is 0 Å². The van der Waals surface area contributed by atoms with E-state index in [0.717, 1.165) is 21.0 Å². The maximum absolute atomic E-state index is 13.5. The van der Waals surface area contributed by atoms with Gasteiger partial charge < -0.3 is 5.32 Å². The molecule has 0 bridgehead atoms. The van der Waals surface area contributed by atoms with E-state index in [2.05, 4.69) is 5.32 Å². The lowest BCUT2D eigenvalue weighted by Crippen LogP contribution is -2.42. The topological polar surface area (TPSA) is 66.5 Å². The molecule has 0 aliphatic rings.